The minimum Gasteiger partial charge on any atom is -0.506 e. The summed E-state index contributed by atoms with van der Waals surface area (Å²) in [4.78, 5) is 12.9. The Bertz CT molecular complexity index is 792. The SMILES string of the molecule is O=C(Nc1ccccc1O)C(O)(c1ccccc1)c1ccccc1. The van der Waals surface area contributed by atoms with Gasteiger partial charge >= 0.3 is 0 Å². The third-order valence-corrected chi connectivity index (χ3v) is 3.86. The summed E-state index contributed by atoms with van der Waals surface area (Å²) in [5.74, 6) is -0.698. The zero-order chi connectivity index (χ0) is 17.0. The molecule has 0 unspecified atom stereocenters. The molecule has 3 aromatic rings. The first-order valence-electron chi connectivity index (χ1n) is 7.55. The lowest BCUT2D eigenvalue weighted by Crippen LogP contribution is -2.41. The van der Waals surface area contributed by atoms with Crippen molar-refractivity contribution in [2.45, 2.75) is 5.60 Å². The van der Waals surface area contributed by atoms with Gasteiger partial charge in [-0.1, -0.05) is 72.8 Å². The van der Waals surface area contributed by atoms with E-state index < -0.39 is 11.5 Å². The van der Waals surface area contributed by atoms with Gasteiger partial charge in [-0.15, -0.1) is 0 Å². The normalized spacial score (nSPS) is 11.0. The molecule has 0 spiro atoms. The molecule has 0 bridgehead atoms. The Morgan fingerprint density at radius 1 is 0.750 bits per heavy atom. The Morgan fingerprint density at radius 2 is 1.21 bits per heavy atom. The minimum absolute atomic E-state index is 0.0608. The van der Waals surface area contributed by atoms with Gasteiger partial charge in [0.1, 0.15) is 5.75 Å². The minimum atomic E-state index is -1.87. The maximum Gasteiger partial charge on any atom is 0.265 e. The van der Waals surface area contributed by atoms with Crippen molar-refractivity contribution < 1.29 is 15.0 Å². The van der Waals surface area contributed by atoms with Gasteiger partial charge in [0.25, 0.3) is 5.91 Å². The molecule has 24 heavy (non-hydrogen) atoms. The number of benzene rings is 3. The molecule has 0 heterocycles. The molecule has 0 atom stereocenters. The summed E-state index contributed by atoms with van der Waals surface area (Å²) >= 11 is 0. The summed E-state index contributed by atoms with van der Waals surface area (Å²) in [7, 11) is 0. The molecule has 0 aromatic heterocycles. The molecule has 0 radical (unpaired) electrons. The summed E-state index contributed by atoms with van der Waals surface area (Å²) in [6.07, 6.45) is 0. The van der Waals surface area contributed by atoms with Crippen molar-refractivity contribution in [3.63, 3.8) is 0 Å². The average Bonchev–Trinajstić information content (AvgIpc) is 2.64. The van der Waals surface area contributed by atoms with Crippen LogP contribution in [0.15, 0.2) is 84.9 Å². The molecule has 0 saturated carbocycles. The molecule has 4 heteroatoms. The van der Waals surface area contributed by atoms with Crippen molar-refractivity contribution in [2.75, 3.05) is 5.32 Å². The summed E-state index contributed by atoms with van der Waals surface area (Å²) < 4.78 is 0. The first-order chi connectivity index (χ1) is 11.6. The van der Waals surface area contributed by atoms with E-state index in [9.17, 15) is 15.0 Å². The quantitative estimate of drug-likeness (QED) is 0.646. The zero-order valence-corrected chi connectivity index (χ0v) is 12.9. The highest BCUT2D eigenvalue weighted by Gasteiger charge is 2.40. The predicted molar refractivity (Wildman–Crippen MR) is 92.6 cm³/mol. The van der Waals surface area contributed by atoms with Crippen LogP contribution in [-0.4, -0.2) is 16.1 Å². The summed E-state index contributed by atoms with van der Waals surface area (Å²) in [5.41, 5.74) is -0.730. The largest absolute Gasteiger partial charge is 0.506 e. The fourth-order valence-corrected chi connectivity index (χ4v) is 2.58. The highest BCUT2D eigenvalue weighted by atomic mass is 16.3. The predicted octanol–water partition coefficient (Wildman–Crippen LogP) is 3.27. The van der Waals surface area contributed by atoms with E-state index in [1.165, 1.54) is 6.07 Å². The number of aromatic hydroxyl groups is 1. The molecular weight excluding hydrogens is 302 g/mol. The van der Waals surface area contributed by atoms with Crippen LogP contribution in [0.4, 0.5) is 5.69 Å². The van der Waals surface area contributed by atoms with E-state index >= 15 is 0 Å². The summed E-state index contributed by atoms with van der Waals surface area (Å²) in [5, 5.41) is 23.8. The van der Waals surface area contributed by atoms with Crippen LogP contribution in [0, 0.1) is 0 Å². The van der Waals surface area contributed by atoms with Gasteiger partial charge in [0, 0.05) is 0 Å². The van der Waals surface area contributed by atoms with Gasteiger partial charge in [0.15, 0.2) is 5.60 Å². The molecule has 4 nitrogen and oxygen atoms in total. The zero-order valence-electron chi connectivity index (χ0n) is 12.9. The van der Waals surface area contributed by atoms with Crippen molar-refractivity contribution >= 4 is 11.6 Å². The molecule has 0 aliphatic rings. The number of aliphatic hydroxyl groups is 1. The fraction of sp³-hybridized carbons (Fsp3) is 0.0500. The number of amides is 1. The van der Waals surface area contributed by atoms with E-state index in [1.54, 1.807) is 66.7 Å². The van der Waals surface area contributed by atoms with Crippen LogP contribution in [0.3, 0.4) is 0 Å². The molecule has 3 N–H and O–H groups in total. The van der Waals surface area contributed by atoms with E-state index in [1.807, 2.05) is 12.1 Å². The topological polar surface area (TPSA) is 69.6 Å². The standard InChI is InChI=1S/C20H17NO3/c22-18-14-8-7-13-17(18)21-19(23)20(24,15-9-3-1-4-10-15)16-11-5-2-6-12-16/h1-14,22,24H,(H,21,23). The van der Waals surface area contributed by atoms with Crippen LogP contribution in [-0.2, 0) is 10.4 Å². The Balaban J connectivity index is 2.06. The van der Waals surface area contributed by atoms with Gasteiger partial charge in [-0.3, -0.25) is 4.79 Å². The fourth-order valence-electron chi connectivity index (χ4n) is 2.58. The first-order valence-corrected chi connectivity index (χ1v) is 7.55. The van der Waals surface area contributed by atoms with Gasteiger partial charge < -0.3 is 15.5 Å². The molecule has 1 amide bonds. The number of para-hydroxylation sites is 2. The van der Waals surface area contributed by atoms with Crippen LogP contribution in [0.2, 0.25) is 0 Å². The number of carbonyl (C=O) groups excluding carboxylic acids is 1. The highest BCUT2D eigenvalue weighted by molar-refractivity contribution is 6.01. The highest BCUT2D eigenvalue weighted by Crippen LogP contribution is 2.32. The molecule has 3 aromatic carbocycles. The van der Waals surface area contributed by atoms with E-state index in [4.69, 9.17) is 0 Å². The van der Waals surface area contributed by atoms with Crippen LogP contribution >= 0.6 is 0 Å². The average molecular weight is 319 g/mol. The Kier molecular flexibility index (Phi) is 4.31. The maximum atomic E-state index is 12.9. The third kappa shape index (κ3) is 2.87. The smallest absolute Gasteiger partial charge is 0.265 e. The molecule has 0 aliphatic heterocycles. The first kappa shape index (κ1) is 15.8. The van der Waals surface area contributed by atoms with Gasteiger partial charge in [-0.25, -0.2) is 0 Å². The number of hydrogen-bond acceptors (Lipinski definition) is 3. The number of phenolic OH excluding ortho intramolecular Hbond substituents is 1. The van der Waals surface area contributed by atoms with Crippen molar-refractivity contribution in [1.29, 1.82) is 0 Å². The Labute approximate surface area is 140 Å². The van der Waals surface area contributed by atoms with E-state index in [0.717, 1.165) is 0 Å². The molecular formula is C20H17NO3. The Hall–Kier alpha value is -3.11. The number of hydrogen-bond donors (Lipinski definition) is 3. The summed E-state index contributed by atoms with van der Waals surface area (Å²) in [6.45, 7) is 0. The lowest BCUT2D eigenvalue weighted by molar-refractivity contribution is -0.131. The maximum absolute atomic E-state index is 12.9. The van der Waals surface area contributed by atoms with Gasteiger partial charge in [-0.2, -0.15) is 0 Å². The molecule has 120 valence electrons. The summed E-state index contributed by atoms with van der Waals surface area (Å²) in [6, 6.07) is 23.8. The van der Waals surface area contributed by atoms with Crippen LogP contribution in [0.25, 0.3) is 0 Å². The van der Waals surface area contributed by atoms with Gasteiger partial charge in [0.2, 0.25) is 0 Å². The van der Waals surface area contributed by atoms with Crippen molar-refractivity contribution in [2.24, 2.45) is 0 Å². The molecule has 0 saturated heterocycles. The molecule has 3 rings (SSSR count). The Morgan fingerprint density at radius 3 is 1.71 bits per heavy atom. The van der Waals surface area contributed by atoms with Crippen molar-refractivity contribution in [3.8, 4) is 5.75 Å². The van der Waals surface area contributed by atoms with E-state index in [-0.39, 0.29) is 11.4 Å². The van der Waals surface area contributed by atoms with Crippen molar-refractivity contribution in [3.05, 3.63) is 96.1 Å². The van der Waals surface area contributed by atoms with Crippen LogP contribution < -0.4 is 5.32 Å². The van der Waals surface area contributed by atoms with Crippen molar-refractivity contribution in [1.82, 2.24) is 0 Å². The number of phenols is 1. The monoisotopic (exact) mass is 319 g/mol. The molecule has 0 fully saturated rings. The van der Waals surface area contributed by atoms with E-state index in [2.05, 4.69) is 5.32 Å². The number of anilines is 1. The van der Waals surface area contributed by atoms with Gasteiger partial charge in [-0.05, 0) is 23.3 Å². The number of carbonyl (C=O) groups is 1. The lowest BCUT2D eigenvalue weighted by atomic mass is 9.85. The number of rotatable bonds is 4. The second-order valence-electron chi connectivity index (χ2n) is 5.41. The van der Waals surface area contributed by atoms with Crippen LogP contribution in [0.5, 0.6) is 5.75 Å². The second kappa shape index (κ2) is 6.56. The van der Waals surface area contributed by atoms with Gasteiger partial charge in [0.05, 0.1) is 5.69 Å². The second-order valence-corrected chi connectivity index (χ2v) is 5.41. The third-order valence-electron chi connectivity index (χ3n) is 3.86. The van der Waals surface area contributed by atoms with E-state index in [0.29, 0.717) is 11.1 Å². The van der Waals surface area contributed by atoms with Crippen LogP contribution in [0.1, 0.15) is 11.1 Å². The molecule has 0 aliphatic carbocycles. The number of nitrogens with one attached hydrogen (secondary N) is 1. The lowest BCUT2D eigenvalue weighted by Gasteiger charge is -2.28.